The van der Waals surface area contributed by atoms with Crippen molar-refractivity contribution in [2.24, 2.45) is 0 Å². The maximum absolute atomic E-state index is 13.8. The molecule has 0 unspecified atom stereocenters. The second kappa shape index (κ2) is 6.75. The van der Waals surface area contributed by atoms with E-state index in [1.165, 1.54) is 27.7 Å². The van der Waals surface area contributed by atoms with E-state index in [0.717, 1.165) is 12.5 Å². The van der Waals surface area contributed by atoms with Gasteiger partial charge in [-0.25, -0.2) is 18.7 Å². The van der Waals surface area contributed by atoms with Crippen LogP contribution in [0.15, 0.2) is 41.7 Å². The molecule has 9 heteroatoms. The first kappa shape index (κ1) is 17.1. The van der Waals surface area contributed by atoms with Crippen molar-refractivity contribution in [2.45, 2.75) is 26.4 Å². The Bertz CT molecular complexity index is 1180. The van der Waals surface area contributed by atoms with E-state index in [4.69, 9.17) is 0 Å². The number of aromatic nitrogens is 6. The van der Waals surface area contributed by atoms with Crippen LogP contribution in [0.3, 0.4) is 0 Å². The van der Waals surface area contributed by atoms with Crippen LogP contribution in [-0.4, -0.2) is 29.3 Å². The Balaban J connectivity index is 1.66. The molecule has 4 rings (SSSR count). The SMILES string of the molecule is CCCn1cnc2nc(-c3cnn(Cc4cccc(F)c4F)c3)[nH]c2c1=O. The summed E-state index contributed by atoms with van der Waals surface area (Å²) in [6.07, 6.45) is 5.48. The lowest BCUT2D eigenvalue weighted by atomic mass is 10.2. The van der Waals surface area contributed by atoms with E-state index in [9.17, 15) is 13.6 Å². The molecule has 0 bridgehead atoms. The topological polar surface area (TPSA) is 81.4 Å². The molecule has 4 aromatic rings. The summed E-state index contributed by atoms with van der Waals surface area (Å²) in [5.41, 5.74) is 1.27. The van der Waals surface area contributed by atoms with Crippen molar-refractivity contribution in [3.63, 3.8) is 0 Å². The number of halogens is 2. The zero-order valence-corrected chi connectivity index (χ0v) is 14.5. The summed E-state index contributed by atoms with van der Waals surface area (Å²) in [4.78, 5) is 23.9. The van der Waals surface area contributed by atoms with Crippen LogP contribution in [-0.2, 0) is 13.1 Å². The highest BCUT2D eigenvalue weighted by atomic mass is 19.2. The zero-order chi connectivity index (χ0) is 19.0. The van der Waals surface area contributed by atoms with Gasteiger partial charge in [0.15, 0.2) is 22.8 Å². The first-order chi connectivity index (χ1) is 13.1. The van der Waals surface area contributed by atoms with Crippen LogP contribution in [0, 0.1) is 11.6 Å². The van der Waals surface area contributed by atoms with Crippen molar-refractivity contribution in [3.8, 4) is 11.4 Å². The van der Waals surface area contributed by atoms with E-state index < -0.39 is 11.6 Å². The minimum Gasteiger partial charge on any atom is -0.332 e. The number of hydrogen-bond acceptors (Lipinski definition) is 4. The minimum atomic E-state index is -0.897. The first-order valence-electron chi connectivity index (χ1n) is 8.47. The van der Waals surface area contributed by atoms with E-state index in [1.54, 1.807) is 12.4 Å². The summed E-state index contributed by atoms with van der Waals surface area (Å²) in [6, 6.07) is 4.02. The third kappa shape index (κ3) is 3.12. The Kier molecular flexibility index (Phi) is 4.27. The lowest BCUT2D eigenvalue weighted by Crippen LogP contribution is -2.20. The third-order valence-electron chi connectivity index (χ3n) is 4.21. The summed E-state index contributed by atoms with van der Waals surface area (Å²) in [6.45, 7) is 2.63. The number of benzene rings is 1. The highest BCUT2D eigenvalue weighted by Gasteiger charge is 2.14. The van der Waals surface area contributed by atoms with Crippen LogP contribution >= 0.6 is 0 Å². The molecule has 0 saturated carbocycles. The Hall–Kier alpha value is -3.36. The molecule has 138 valence electrons. The molecule has 0 saturated heterocycles. The normalized spacial score (nSPS) is 11.4. The van der Waals surface area contributed by atoms with E-state index in [2.05, 4.69) is 20.1 Å². The summed E-state index contributed by atoms with van der Waals surface area (Å²) in [5, 5.41) is 4.16. The number of nitrogens with zero attached hydrogens (tertiary/aromatic N) is 5. The molecular formula is C18H16F2N6O. The molecule has 0 spiro atoms. The molecule has 3 heterocycles. The predicted molar refractivity (Wildman–Crippen MR) is 95.1 cm³/mol. The minimum absolute atomic E-state index is 0.0748. The number of imidazole rings is 1. The monoisotopic (exact) mass is 370 g/mol. The molecule has 1 N–H and O–H groups in total. The fourth-order valence-electron chi connectivity index (χ4n) is 2.88. The lowest BCUT2D eigenvalue weighted by molar-refractivity contribution is 0.492. The van der Waals surface area contributed by atoms with E-state index in [-0.39, 0.29) is 17.7 Å². The van der Waals surface area contributed by atoms with Gasteiger partial charge in [-0.15, -0.1) is 0 Å². The Morgan fingerprint density at radius 1 is 1.26 bits per heavy atom. The van der Waals surface area contributed by atoms with Crippen molar-refractivity contribution in [1.29, 1.82) is 0 Å². The molecule has 0 radical (unpaired) electrons. The molecule has 0 aliphatic rings. The molecule has 27 heavy (non-hydrogen) atoms. The van der Waals surface area contributed by atoms with Crippen molar-refractivity contribution in [3.05, 3.63) is 64.5 Å². The summed E-state index contributed by atoms with van der Waals surface area (Å²) in [7, 11) is 0. The van der Waals surface area contributed by atoms with Crippen LogP contribution in [0.2, 0.25) is 0 Å². The average molecular weight is 370 g/mol. The highest BCUT2D eigenvalue weighted by molar-refractivity contribution is 5.74. The van der Waals surface area contributed by atoms with Crippen LogP contribution in [0.4, 0.5) is 8.78 Å². The van der Waals surface area contributed by atoms with Gasteiger partial charge in [0.05, 0.1) is 18.3 Å². The Morgan fingerprint density at radius 2 is 2.11 bits per heavy atom. The third-order valence-corrected chi connectivity index (χ3v) is 4.21. The number of fused-ring (bicyclic) bond motifs is 1. The quantitative estimate of drug-likeness (QED) is 0.586. The molecule has 3 aromatic heterocycles. The average Bonchev–Trinajstić information content (AvgIpc) is 3.29. The molecule has 0 aliphatic carbocycles. The molecule has 7 nitrogen and oxygen atoms in total. The van der Waals surface area contributed by atoms with Crippen LogP contribution in [0.25, 0.3) is 22.6 Å². The second-order valence-corrected chi connectivity index (χ2v) is 6.17. The van der Waals surface area contributed by atoms with Gasteiger partial charge in [0.2, 0.25) is 0 Å². The van der Waals surface area contributed by atoms with E-state index in [1.807, 2.05) is 6.92 Å². The lowest BCUT2D eigenvalue weighted by Gasteiger charge is -2.03. The maximum Gasteiger partial charge on any atom is 0.279 e. The van der Waals surface area contributed by atoms with E-state index in [0.29, 0.717) is 29.1 Å². The van der Waals surface area contributed by atoms with Crippen LogP contribution < -0.4 is 5.56 Å². The summed E-state index contributed by atoms with van der Waals surface area (Å²) < 4.78 is 30.2. The number of rotatable bonds is 5. The molecule has 0 atom stereocenters. The van der Waals surface area contributed by atoms with Gasteiger partial charge in [0.25, 0.3) is 5.56 Å². The van der Waals surface area contributed by atoms with Crippen LogP contribution in [0.1, 0.15) is 18.9 Å². The largest absolute Gasteiger partial charge is 0.332 e. The van der Waals surface area contributed by atoms with Gasteiger partial charge < -0.3 is 4.98 Å². The molecule has 0 aliphatic heterocycles. The number of aryl methyl sites for hydroxylation is 1. The van der Waals surface area contributed by atoms with Crippen LogP contribution in [0.5, 0.6) is 0 Å². The second-order valence-electron chi connectivity index (χ2n) is 6.17. The van der Waals surface area contributed by atoms with Gasteiger partial charge in [-0.05, 0) is 12.5 Å². The first-order valence-corrected chi connectivity index (χ1v) is 8.47. The van der Waals surface area contributed by atoms with Gasteiger partial charge in [-0.1, -0.05) is 19.1 Å². The molecule has 1 aromatic carbocycles. The molecule has 0 amide bonds. The van der Waals surface area contributed by atoms with Gasteiger partial charge in [-0.2, -0.15) is 5.10 Å². The van der Waals surface area contributed by atoms with Crippen molar-refractivity contribution in [2.75, 3.05) is 0 Å². The molecule has 0 fully saturated rings. The Morgan fingerprint density at radius 3 is 2.93 bits per heavy atom. The van der Waals surface area contributed by atoms with Gasteiger partial charge >= 0.3 is 0 Å². The number of nitrogens with one attached hydrogen (secondary N) is 1. The van der Waals surface area contributed by atoms with Gasteiger partial charge in [0.1, 0.15) is 12.2 Å². The highest BCUT2D eigenvalue weighted by Crippen LogP contribution is 2.18. The number of H-pyrrole nitrogens is 1. The maximum atomic E-state index is 13.8. The van der Waals surface area contributed by atoms with E-state index >= 15 is 0 Å². The summed E-state index contributed by atoms with van der Waals surface area (Å²) in [5.74, 6) is -1.35. The van der Waals surface area contributed by atoms with Crippen molar-refractivity contribution >= 4 is 11.2 Å². The number of hydrogen-bond donors (Lipinski definition) is 1. The Labute approximate surface area is 152 Å². The molecular weight excluding hydrogens is 354 g/mol. The van der Waals surface area contributed by atoms with Crippen molar-refractivity contribution in [1.82, 2.24) is 29.3 Å². The summed E-state index contributed by atoms with van der Waals surface area (Å²) >= 11 is 0. The fourth-order valence-corrected chi connectivity index (χ4v) is 2.88. The van der Waals surface area contributed by atoms with Gasteiger partial charge in [0, 0.05) is 18.3 Å². The number of aromatic amines is 1. The van der Waals surface area contributed by atoms with Gasteiger partial charge in [-0.3, -0.25) is 14.0 Å². The fraction of sp³-hybridized carbons (Fsp3) is 0.222. The van der Waals surface area contributed by atoms with Crippen molar-refractivity contribution < 1.29 is 8.78 Å². The zero-order valence-electron chi connectivity index (χ0n) is 14.5. The smallest absolute Gasteiger partial charge is 0.279 e. The predicted octanol–water partition coefficient (Wildman–Crippen LogP) is 2.72. The standard InChI is InChI=1S/C18H16F2N6O/c1-2-6-25-10-21-17-15(18(25)27)23-16(24-17)12-7-22-26(9-12)8-11-4-3-5-13(19)14(11)20/h3-5,7,9-10H,2,6,8H2,1H3,(H,23,24).